The largest absolute Gasteiger partial charge is 0.369 e. The third-order valence-electron chi connectivity index (χ3n) is 3.82. The Labute approximate surface area is 108 Å². The van der Waals surface area contributed by atoms with Crippen LogP contribution in [0.1, 0.15) is 32.1 Å². The van der Waals surface area contributed by atoms with Gasteiger partial charge in [0.1, 0.15) is 0 Å². The van der Waals surface area contributed by atoms with E-state index in [-0.39, 0.29) is 11.8 Å². The first-order chi connectivity index (χ1) is 8.51. The van der Waals surface area contributed by atoms with E-state index in [0.29, 0.717) is 39.0 Å². The molecule has 104 valence electrons. The minimum absolute atomic E-state index is 0.169. The van der Waals surface area contributed by atoms with E-state index in [1.165, 1.54) is 4.31 Å². The van der Waals surface area contributed by atoms with E-state index in [1.807, 2.05) is 0 Å². The van der Waals surface area contributed by atoms with Crippen LogP contribution < -0.4 is 5.73 Å². The summed E-state index contributed by atoms with van der Waals surface area (Å²) in [5.41, 5.74) is 5.25. The van der Waals surface area contributed by atoms with Crippen LogP contribution in [-0.2, 0) is 15.0 Å². The summed E-state index contributed by atoms with van der Waals surface area (Å²) < 4.78 is 27.8. The summed E-state index contributed by atoms with van der Waals surface area (Å²) in [6, 6.07) is 0. The minimum Gasteiger partial charge on any atom is -0.369 e. The van der Waals surface area contributed by atoms with Gasteiger partial charge in [-0.15, -0.1) is 0 Å². The molecule has 2 N–H and O–H groups in total. The van der Waals surface area contributed by atoms with E-state index < -0.39 is 10.2 Å². The Balaban J connectivity index is 1.97. The van der Waals surface area contributed by atoms with Crippen molar-refractivity contribution in [2.75, 3.05) is 26.2 Å². The quantitative estimate of drug-likeness (QED) is 0.781. The fraction of sp³-hybridized carbons (Fsp3) is 0.909. The Hall–Kier alpha value is -0.660. The number of primary amides is 1. The van der Waals surface area contributed by atoms with Crippen molar-refractivity contribution in [1.82, 2.24) is 8.61 Å². The molecule has 1 amide bonds. The summed E-state index contributed by atoms with van der Waals surface area (Å²) >= 11 is 0. The van der Waals surface area contributed by atoms with Crippen molar-refractivity contribution in [1.29, 1.82) is 0 Å². The second-order valence-corrected chi connectivity index (χ2v) is 6.97. The molecule has 0 saturated carbocycles. The lowest BCUT2D eigenvalue weighted by Gasteiger charge is -2.35. The Morgan fingerprint density at radius 2 is 1.44 bits per heavy atom. The number of nitrogens with zero attached hydrogens (tertiary/aromatic N) is 2. The second kappa shape index (κ2) is 5.54. The minimum atomic E-state index is -3.32. The summed E-state index contributed by atoms with van der Waals surface area (Å²) in [5.74, 6) is -0.483. The molecule has 2 aliphatic rings. The van der Waals surface area contributed by atoms with Crippen molar-refractivity contribution in [2.45, 2.75) is 32.1 Å². The third kappa shape index (κ3) is 2.84. The van der Waals surface area contributed by atoms with Crippen LogP contribution in [0.3, 0.4) is 0 Å². The molecule has 6 nitrogen and oxygen atoms in total. The molecule has 0 bridgehead atoms. The lowest BCUT2D eigenvalue weighted by atomic mass is 9.98. The smallest absolute Gasteiger partial charge is 0.281 e. The maximum Gasteiger partial charge on any atom is 0.281 e. The average molecular weight is 275 g/mol. The van der Waals surface area contributed by atoms with Gasteiger partial charge < -0.3 is 5.73 Å². The summed E-state index contributed by atoms with van der Waals surface area (Å²) in [4.78, 5) is 11.1. The molecule has 2 fully saturated rings. The first-order valence-electron chi connectivity index (χ1n) is 6.56. The van der Waals surface area contributed by atoms with Gasteiger partial charge in [-0.2, -0.15) is 17.0 Å². The fourth-order valence-electron chi connectivity index (χ4n) is 2.63. The van der Waals surface area contributed by atoms with Crippen molar-refractivity contribution in [3.8, 4) is 0 Å². The van der Waals surface area contributed by atoms with Crippen LogP contribution in [0, 0.1) is 5.92 Å². The van der Waals surface area contributed by atoms with Gasteiger partial charge in [-0.25, -0.2) is 0 Å². The van der Waals surface area contributed by atoms with E-state index in [4.69, 9.17) is 5.73 Å². The molecule has 2 aliphatic heterocycles. The van der Waals surface area contributed by atoms with Crippen molar-refractivity contribution in [3.05, 3.63) is 0 Å². The maximum absolute atomic E-state index is 12.4. The van der Waals surface area contributed by atoms with Gasteiger partial charge in [0.25, 0.3) is 10.2 Å². The predicted molar refractivity (Wildman–Crippen MR) is 67.8 cm³/mol. The number of nitrogens with two attached hydrogens (primary N) is 1. The highest BCUT2D eigenvalue weighted by molar-refractivity contribution is 7.86. The lowest BCUT2D eigenvalue weighted by molar-refractivity contribution is -0.122. The van der Waals surface area contributed by atoms with Gasteiger partial charge in [0, 0.05) is 32.1 Å². The average Bonchev–Trinajstić information content (AvgIpc) is 2.40. The molecule has 0 unspecified atom stereocenters. The van der Waals surface area contributed by atoms with Crippen molar-refractivity contribution < 1.29 is 13.2 Å². The van der Waals surface area contributed by atoms with Crippen molar-refractivity contribution in [2.24, 2.45) is 11.7 Å². The van der Waals surface area contributed by atoms with Gasteiger partial charge in [0.2, 0.25) is 5.91 Å². The number of carbonyl (C=O) groups excluding carboxylic acids is 1. The zero-order valence-corrected chi connectivity index (χ0v) is 11.4. The monoisotopic (exact) mass is 275 g/mol. The van der Waals surface area contributed by atoms with E-state index in [1.54, 1.807) is 4.31 Å². The van der Waals surface area contributed by atoms with Crippen LogP contribution >= 0.6 is 0 Å². The molecule has 7 heteroatoms. The second-order valence-electron chi connectivity index (χ2n) is 5.04. The predicted octanol–water partition coefficient (Wildman–Crippen LogP) is -0.0856. The standard InChI is InChI=1S/C11H21N3O3S/c12-11(15)10-4-8-14(9-5-10)18(16,17)13-6-2-1-3-7-13/h10H,1-9H2,(H2,12,15). The highest BCUT2D eigenvalue weighted by atomic mass is 32.2. The maximum atomic E-state index is 12.4. The first-order valence-corrected chi connectivity index (χ1v) is 7.96. The fourth-order valence-corrected chi connectivity index (χ4v) is 4.35. The zero-order chi connectivity index (χ0) is 13.2. The van der Waals surface area contributed by atoms with Crippen LogP contribution in [0.4, 0.5) is 0 Å². The Morgan fingerprint density at radius 3 is 1.94 bits per heavy atom. The van der Waals surface area contributed by atoms with Crippen LogP contribution in [0.15, 0.2) is 0 Å². The lowest BCUT2D eigenvalue weighted by Crippen LogP contribution is -2.49. The van der Waals surface area contributed by atoms with E-state index in [2.05, 4.69) is 0 Å². The number of amides is 1. The molecule has 0 radical (unpaired) electrons. The summed E-state index contributed by atoms with van der Waals surface area (Å²) in [6.45, 7) is 2.06. The van der Waals surface area contributed by atoms with Gasteiger partial charge >= 0.3 is 0 Å². The summed E-state index contributed by atoms with van der Waals surface area (Å²) in [7, 11) is -3.32. The Kier molecular flexibility index (Phi) is 4.24. The molecule has 0 spiro atoms. The molecular formula is C11H21N3O3S. The molecule has 0 atom stereocenters. The van der Waals surface area contributed by atoms with E-state index in [9.17, 15) is 13.2 Å². The topological polar surface area (TPSA) is 83.7 Å². The molecule has 0 aromatic heterocycles. The van der Waals surface area contributed by atoms with Crippen molar-refractivity contribution in [3.63, 3.8) is 0 Å². The van der Waals surface area contributed by atoms with Crippen LogP contribution in [-0.4, -0.2) is 49.1 Å². The number of rotatable bonds is 3. The Morgan fingerprint density at radius 1 is 0.944 bits per heavy atom. The van der Waals surface area contributed by atoms with Gasteiger partial charge in [0.05, 0.1) is 0 Å². The highest BCUT2D eigenvalue weighted by Gasteiger charge is 2.34. The highest BCUT2D eigenvalue weighted by Crippen LogP contribution is 2.23. The SMILES string of the molecule is NC(=O)C1CCN(S(=O)(=O)N2CCCCC2)CC1. The molecule has 0 aliphatic carbocycles. The number of carbonyl (C=O) groups is 1. The first kappa shape index (κ1) is 13.8. The summed E-state index contributed by atoms with van der Waals surface area (Å²) in [5, 5.41) is 0. The summed E-state index contributed by atoms with van der Waals surface area (Å²) in [6.07, 6.45) is 4.08. The van der Waals surface area contributed by atoms with Gasteiger partial charge in [-0.05, 0) is 25.7 Å². The van der Waals surface area contributed by atoms with Crippen molar-refractivity contribution >= 4 is 16.1 Å². The van der Waals surface area contributed by atoms with Crippen LogP contribution in [0.2, 0.25) is 0 Å². The zero-order valence-electron chi connectivity index (χ0n) is 10.5. The normalized spacial score (nSPS) is 25.1. The molecule has 2 rings (SSSR count). The molecule has 2 saturated heterocycles. The van der Waals surface area contributed by atoms with E-state index >= 15 is 0 Å². The van der Waals surface area contributed by atoms with E-state index in [0.717, 1.165) is 19.3 Å². The molecule has 2 heterocycles. The van der Waals surface area contributed by atoms with Gasteiger partial charge in [-0.1, -0.05) is 6.42 Å². The third-order valence-corrected chi connectivity index (χ3v) is 5.86. The number of hydrogen-bond donors (Lipinski definition) is 1. The molecule has 0 aromatic rings. The molecule has 0 aromatic carbocycles. The number of hydrogen-bond acceptors (Lipinski definition) is 3. The molecule has 18 heavy (non-hydrogen) atoms. The number of piperidine rings is 2. The van der Waals surface area contributed by atoms with Crippen LogP contribution in [0.5, 0.6) is 0 Å². The van der Waals surface area contributed by atoms with Gasteiger partial charge in [-0.3, -0.25) is 4.79 Å². The Bertz CT molecular complexity index is 396. The van der Waals surface area contributed by atoms with Crippen LogP contribution in [0.25, 0.3) is 0 Å². The molecular weight excluding hydrogens is 254 g/mol. The van der Waals surface area contributed by atoms with Gasteiger partial charge in [0.15, 0.2) is 0 Å².